The Morgan fingerprint density at radius 3 is 2.16 bits per heavy atom. The summed E-state index contributed by atoms with van der Waals surface area (Å²) in [5, 5.41) is 0. The number of anilines is 2. The molecule has 0 bridgehead atoms. The monoisotopic (exact) mass is 537 g/mol. The van der Waals surface area contributed by atoms with E-state index in [0.717, 1.165) is 18.7 Å². The van der Waals surface area contributed by atoms with Crippen LogP contribution in [0.5, 0.6) is 0 Å². The maximum atomic E-state index is 13.7. The van der Waals surface area contributed by atoms with Crippen molar-refractivity contribution in [2.24, 2.45) is 0 Å². The number of hydrogen-bond acceptors (Lipinski definition) is 6. The first kappa shape index (κ1) is 25.2. The van der Waals surface area contributed by atoms with Crippen molar-refractivity contribution in [2.45, 2.75) is 44.9 Å². The Hall–Kier alpha value is -3.14. The smallest absolute Gasteiger partial charge is 0.254 e. The topological polar surface area (TPSA) is 94.1 Å². The van der Waals surface area contributed by atoms with E-state index in [1.165, 1.54) is 28.3 Å². The molecule has 38 heavy (non-hydrogen) atoms. The number of rotatable bonds is 5. The third-order valence-electron chi connectivity index (χ3n) is 8.23. The number of amides is 2. The maximum absolute atomic E-state index is 13.7. The quantitative estimate of drug-likeness (QED) is 0.582. The molecular formula is C28H35N5O4S. The number of hydrogen-bond donors (Lipinski definition) is 0. The first-order chi connectivity index (χ1) is 18.3. The van der Waals surface area contributed by atoms with Crippen LogP contribution in [0.3, 0.4) is 0 Å². The molecule has 0 atom stereocenters. The van der Waals surface area contributed by atoms with Crippen LogP contribution in [0.1, 0.15) is 69.9 Å². The van der Waals surface area contributed by atoms with E-state index in [-0.39, 0.29) is 17.6 Å². The third kappa shape index (κ3) is 4.74. The Balaban J connectivity index is 1.22. The summed E-state index contributed by atoms with van der Waals surface area (Å²) in [6.07, 6.45) is 6.92. The third-order valence-corrected chi connectivity index (χ3v) is 10.1. The lowest BCUT2D eigenvalue weighted by Gasteiger charge is -2.36. The molecule has 1 aliphatic carbocycles. The van der Waals surface area contributed by atoms with Gasteiger partial charge >= 0.3 is 0 Å². The van der Waals surface area contributed by atoms with Crippen LogP contribution in [0.2, 0.25) is 0 Å². The van der Waals surface area contributed by atoms with Gasteiger partial charge in [0.2, 0.25) is 10.0 Å². The zero-order chi connectivity index (χ0) is 26.4. The number of carbonyl (C=O) groups is 2. The first-order valence-electron chi connectivity index (χ1n) is 13.8. The Morgan fingerprint density at radius 2 is 1.53 bits per heavy atom. The van der Waals surface area contributed by atoms with Crippen LogP contribution in [0.4, 0.5) is 11.5 Å². The molecular weight excluding hydrogens is 502 g/mol. The van der Waals surface area contributed by atoms with Gasteiger partial charge in [-0.25, -0.2) is 13.4 Å². The van der Waals surface area contributed by atoms with Gasteiger partial charge in [-0.3, -0.25) is 13.9 Å². The van der Waals surface area contributed by atoms with Crippen molar-refractivity contribution in [3.63, 3.8) is 0 Å². The van der Waals surface area contributed by atoms with Crippen LogP contribution in [0.15, 0.2) is 30.5 Å². The molecule has 10 heteroatoms. The molecule has 1 aromatic heterocycles. The second-order valence-electron chi connectivity index (χ2n) is 10.9. The molecule has 9 nitrogen and oxygen atoms in total. The van der Waals surface area contributed by atoms with Gasteiger partial charge in [-0.2, -0.15) is 0 Å². The van der Waals surface area contributed by atoms with E-state index in [1.807, 2.05) is 6.20 Å². The highest BCUT2D eigenvalue weighted by Gasteiger charge is 2.33. The lowest BCUT2D eigenvalue weighted by molar-refractivity contribution is 0.0724. The van der Waals surface area contributed by atoms with Crippen molar-refractivity contribution >= 4 is 33.3 Å². The largest absolute Gasteiger partial charge is 0.353 e. The molecule has 4 aliphatic rings. The molecule has 4 fully saturated rings. The highest BCUT2D eigenvalue weighted by Crippen LogP contribution is 2.40. The molecule has 3 saturated heterocycles. The lowest BCUT2D eigenvalue weighted by atomic mass is 10.0. The Kier molecular flexibility index (Phi) is 6.53. The van der Waals surface area contributed by atoms with Gasteiger partial charge in [0.1, 0.15) is 5.82 Å². The zero-order valence-electron chi connectivity index (χ0n) is 21.9. The highest BCUT2D eigenvalue weighted by atomic mass is 32.2. The van der Waals surface area contributed by atoms with Crippen molar-refractivity contribution in [3.05, 3.63) is 52.7 Å². The predicted octanol–water partition coefficient (Wildman–Crippen LogP) is 3.01. The number of aryl methyl sites for hydroxylation is 1. The number of aromatic nitrogens is 1. The van der Waals surface area contributed by atoms with Crippen LogP contribution in [-0.4, -0.2) is 86.6 Å². The van der Waals surface area contributed by atoms with Crippen LogP contribution >= 0.6 is 0 Å². The number of pyridine rings is 1. The van der Waals surface area contributed by atoms with E-state index in [2.05, 4.69) is 17.9 Å². The normalized spacial score (nSPS) is 21.3. The fourth-order valence-corrected chi connectivity index (χ4v) is 7.48. The van der Waals surface area contributed by atoms with Gasteiger partial charge in [0.05, 0.1) is 22.6 Å². The molecule has 0 spiro atoms. The molecule has 3 aliphatic heterocycles. The molecule has 2 aromatic rings. The molecule has 4 heterocycles. The Labute approximate surface area is 224 Å². The van der Waals surface area contributed by atoms with Gasteiger partial charge in [0.25, 0.3) is 11.8 Å². The molecule has 0 N–H and O–H groups in total. The van der Waals surface area contributed by atoms with Gasteiger partial charge in [-0.1, -0.05) is 6.07 Å². The van der Waals surface area contributed by atoms with E-state index in [0.29, 0.717) is 75.0 Å². The van der Waals surface area contributed by atoms with Gasteiger partial charge < -0.3 is 14.7 Å². The summed E-state index contributed by atoms with van der Waals surface area (Å²) in [6.45, 7) is 6.21. The van der Waals surface area contributed by atoms with Crippen LogP contribution in [-0.2, 0) is 10.0 Å². The lowest BCUT2D eigenvalue weighted by Crippen LogP contribution is -2.49. The van der Waals surface area contributed by atoms with Gasteiger partial charge in [-0.05, 0) is 74.3 Å². The average Bonchev–Trinajstić information content (AvgIpc) is 3.50. The average molecular weight is 538 g/mol. The van der Waals surface area contributed by atoms with Crippen LogP contribution in [0.25, 0.3) is 0 Å². The summed E-state index contributed by atoms with van der Waals surface area (Å²) < 4.78 is 26.4. The summed E-state index contributed by atoms with van der Waals surface area (Å²) in [5.41, 5.74) is 3.59. The molecule has 1 aromatic carbocycles. The van der Waals surface area contributed by atoms with Crippen molar-refractivity contribution in [2.75, 3.05) is 60.8 Å². The number of nitrogens with zero attached hydrogens (tertiary/aromatic N) is 5. The van der Waals surface area contributed by atoms with Crippen molar-refractivity contribution in [1.82, 2.24) is 14.8 Å². The standard InChI is InChI=1S/C28H35N5O4S/c1-20-17-22(21-5-6-21)19-29-26(20)30-12-14-32(15-13-30)27(34)24-8-7-23(33-11-4-16-38(33,36)37)18-25(24)28(35)31-9-2-3-10-31/h7-8,17-19,21H,2-6,9-16H2,1H3. The number of sulfonamides is 1. The van der Waals surface area contributed by atoms with Gasteiger partial charge in [0, 0.05) is 52.0 Å². The minimum absolute atomic E-state index is 0.102. The summed E-state index contributed by atoms with van der Waals surface area (Å²) in [7, 11) is -3.39. The SMILES string of the molecule is Cc1cc(C2CC2)cnc1N1CCN(C(=O)c2ccc(N3CCCS3(=O)=O)cc2C(=O)N2CCCC2)CC1. The molecule has 202 valence electrons. The summed E-state index contributed by atoms with van der Waals surface area (Å²) in [6, 6.07) is 7.17. The predicted molar refractivity (Wildman–Crippen MR) is 146 cm³/mol. The fraction of sp³-hybridized carbons (Fsp3) is 0.536. The van der Waals surface area contributed by atoms with E-state index >= 15 is 0 Å². The maximum Gasteiger partial charge on any atom is 0.254 e. The summed E-state index contributed by atoms with van der Waals surface area (Å²) >= 11 is 0. The summed E-state index contributed by atoms with van der Waals surface area (Å²) in [4.78, 5) is 37.8. The second kappa shape index (κ2) is 9.87. The van der Waals surface area contributed by atoms with Crippen molar-refractivity contribution < 1.29 is 18.0 Å². The molecule has 2 amide bonds. The number of piperazine rings is 1. The zero-order valence-corrected chi connectivity index (χ0v) is 22.8. The first-order valence-corrected chi connectivity index (χ1v) is 15.4. The number of likely N-dealkylation sites (tertiary alicyclic amines) is 1. The van der Waals surface area contributed by atoms with E-state index in [9.17, 15) is 18.0 Å². The Morgan fingerprint density at radius 1 is 0.842 bits per heavy atom. The van der Waals surface area contributed by atoms with E-state index in [4.69, 9.17) is 4.98 Å². The van der Waals surface area contributed by atoms with Crippen molar-refractivity contribution in [1.29, 1.82) is 0 Å². The minimum atomic E-state index is -3.39. The number of benzene rings is 1. The number of carbonyl (C=O) groups excluding carboxylic acids is 2. The van der Waals surface area contributed by atoms with E-state index < -0.39 is 10.0 Å². The second-order valence-corrected chi connectivity index (χ2v) is 12.9. The summed E-state index contributed by atoms with van der Waals surface area (Å²) in [5.74, 6) is 1.36. The van der Waals surface area contributed by atoms with Gasteiger partial charge in [0.15, 0.2) is 0 Å². The molecule has 0 radical (unpaired) electrons. The minimum Gasteiger partial charge on any atom is -0.353 e. The van der Waals surface area contributed by atoms with Crippen molar-refractivity contribution in [3.8, 4) is 0 Å². The molecule has 1 saturated carbocycles. The highest BCUT2D eigenvalue weighted by molar-refractivity contribution is 7.93. The van der Waals surface area contributed by atoms with Crippen LogP contribution in [0, 0.1) is 6.92 Å². The Bertz CT molecular complexity index is 1360. The molecule has 6 rings (SSSR count). The van der Waals surface area contributed by atoms with Gasteiger partial charge in [-0.15, -0.1) is 0 Å². The van der Waals surface area contributed by atoms with E-state index in [1.54, 1.807) is 28.0 Å². The molecule has 0 unspecified atom stereocenters. The van der Waals surface area contributed by atoms with Crippen LogP contribution < -0.4 is 9.21 Å². The fourth-order valence-electron chi connectivity index (χ4n) is 5.92.